The molecule has 0 unspecified atom stereocenters. The van der Waals surface area contributed by atoms with Crippen LogP contribution in [0.2, 0.25) is 0 Å². The lowest BCUT2D eigenvalue weighted by Crippen LogP contribution is -1.86. The van der Waals surface area contributed by atoms with Gasteiger partial charge in [-0.25, -0.2) is 9.98 Å². The number of thioether (sulfide) groups is 2. The summed E-state index contributed by atoms with van der Waals surface area (Å²) in [7, 11) is 0. The summed E-state index contributed by atoms with van der Waals surface area (Å²) >= 11 is 4.75. The second-order valence-electron chi connectivity index (χ2n) is 3.65. The van der Waals surface area contributed by atoms with Crippen LogP contribution in [0.15, 0.2) is 23.2 Å². The Morgan fingerprint density at radius 2 is 2.10 bits per heavy atom. The van der Waals surface area contributed by atoms with Crippen molar-refractivity contribution in [3.05, 3.63) is 28.3 Å². The molecule has 2 aromatic rings. The molecular weight excluding hydrogens is 314 g/mol. The van der Waals surface area contributed by atoms with E-state index in [4.69, 9.17) is 0 Å². The molecule has 0 spiro atoms. The number of nitrogens with zero attached hydrogens (tertiary/aromatic N) is 3. The highest BCUT2D eigenvalue weighted by molar-refractivity contribution is 8.38. The fourth-order valence-corrected chi connectivity index (χ4v) is 4.32. The Morgan fingerprint density at radius 1 is 1.40 bits per heavy atom. The van der Waals surface area contributed by atoms with E-state index in [1.165, 1.54) is 17.4 Å². The largest absolute Gasteiger partial charge is 0.270 e. The van der Waals surface area contributed by atoms with E-state index in [-0.39, 0.29) is 5.69 Å². The van der Waals surface area contributed by atoms with Crippen LogP contribution in [0.4, 0.5) is 10.8 Å². The highest BCUT2D eigenvalue weighted by atomic mass is 32.2. The Balaban J connectivity index is 2.35. The quantitative estimate of drug-likeness (QED) is 0.352. The number of benzene rings is 1. The number of non-ortho nitro benzene ring substituents is 1. The topological polar surface area (TPSA) is 68.4 Å². The van der Waals surface area contributed by atoms with Crippen LogP contribution in [0, 0.1) is 10.1 Å². The van der Waals surface area contributed by atoms with Gasteiger partial charge in [0.25, 0.3) is 5.69 Å². The molecule has 8 heteroatoms. The van der Waals surface area contributed by atoms with Crippen LogP contribution in [0.25, 0.3) is 10.2 Å². The molecule has 0 aliphatic rings. The lowest BCUT2D eigenvalue weighted by molar-refractivity contribution is -0.384. The lowest BCUT2D eigenvalue weighted by atomic mass is 10.3. The first-order chi connectivity index (χ1) is 9.63. The first-order valence-electron chi connectivity index (χ1n) is 6.03. The van der Waals surface area contributed by atoms with Crippen LogP contribution in [0.3, 0.4) is 0 Å². The maximum atomic E-state index is 10.8. The second kappa shape index (κ2) is 7.05. The number of hydrogen-bond acceptors (Lipinski definition) is 7. The highest BCUT2D eigenvalue weighted by Crippen LogP contribution is 2.32. The molecule has 0 bridgehead atoms. The van der Waals surface area contributed by atoms with Gasteiger partial charge in [-0.3, -0.25) is 10.1 Å². The number of aliphatic imine (C=N–C) groups is 1. The third kappa shape index (κ3) is 3.71. The van der Waals surface area contributed by atoms with Gasteiger partial charge in [0.15, 0.2) is 0 Å². The zero-order valence-corrected chi connectivity index (χ0v) is 13.5. The van der Waals surface area contributed by atoms with Crippen molar-refractivity contribution < 1.29 is 4.92 Å². The summed E-state index contributed by atoms with van der Waals surface area (Å²) in [4.78, 5) is 19.3. The summed E-state index contributed by atoms with van der Waals surface area (Å²) in [6.45, 7) is 4.16. The van der Waals surface area contributed by atoms with Crippen molar-refractivity contribution in [2.24, 2.45) is 4.99 Å². The minimum Gasteiger partial charge on any atom is -0.258 e. The zero-order chi connectivity index (χ0) is 14.5. The van der Waals surface area contributed by atoms with Crippen molar-refractivity contribution in [1.82, 2.24) is 4.98 Å². The maximum absolute atomic E-state index is 10.8. The Kier molecular flexibility index (Phi) is 5.38. The molecule has 0 radical (unpaired) electrons. The molecule has 1 aromatic carbocycles. The molecule has 20 heavy (non-hydrogen) atoms. The van der Waals surface area contributed by atoms with Gasteiger partial charge in [0.2, 0.25) is 5.13 Å². The molecule has 0 fully saturated rings. The summed E-state index contributed by atoms with van der Waals surface area (Å²) in [5, 5.41) is 11.4. The molecule has 0 amide bonds. The van der Waals surface area contributed by atoms with E-state index in [9.17, 15) is 10.1 Å². The smallest absolute Gasteiger partial charge is 0.258 e. The maximum Gasteiger partial charge on any atom is 0.270 e. The molecule has 0 saturated carbocycles. The standard InChI is InChI=1S/C12H13N3O2S3/c1-3-18-12(19-4-2)14-11-13-9-6-5-8(15(16)17)7-10(9)20-11/h5-7H,3-4H2,1-2H3. The van der Waals surface area contributed by atoms with Gasteiger partial charge in [-0.2, -0.15) is 0 Å². The summed E-state index contributed by atoms with van der Waals surface area (Å²) < 4.78 is 1.78. The molecule has 106 valence electrons. The van der Waals surface area contributed by atoms with E-state index in [2.05, 4.69) is 23.8 Å². The number of thiazole rings is 1. The van der Waals surface area contributed by atoms with Crippen LogP contribution in [0.1, 0.15) is 13.8 Å². The van der Waals surface area contributed by atoms with E-state index < -0.39 is 4.92 Å². The number of hydrogen-bond donors (Lipinski definition) is 0. The Labute approximate surface area is 129 Å². The summed E-state index contributed by atoms with van der Waals surface area (Å²) in [6.07, 6.45) is 0. The summed E-state index contributed by atoms with van der Waals surface area (Å²) in [5.41, 5.74) is 0.837. The summed E-state index contributed by atoms with van der Waals surface area (Å²) in [5.74, 6) is 1.92. The van der Waals surface area contributed by atoms with Gasteiger partial charge in [-0.05, 0) is 17.6 Å². The van der Waals surface area contributed by atoms with E-state index >= 15 is 0 Å². The van der Waals surface area contributed by atoms with Crippen molar-refractivity contribution in [2.45, 2.75) is 13.8 Å². The predicted octanol–water partition coefficient (Wildman–Crippen LogP) is 4.70. The van der Waals surface area contributed by atoms with Gasteiger partial charge >= 0.3 is 0 Å². The molecule has 0 aliphatic heterocycles. The van der Waals surface area contributed by atoms with Crippen molar-refractivity contribution in [2.75, 3.05) is 11.5 Å². The Hall–Kier alpha value is -1.12. The van der Waals surface area contributed by atoms with E-state index in [0.29, 0.717) is 5.13 Å². The molecular formula is C12H13N3O2S3. The number of nitro benzene ring substituents is 1. The molecule has 0 aliphatic carbocycles. The SMILES string of the molecule is CCSC(=Nc1nc2ccc([N+](=O)[O-])cc2s1)SCC. The molecule has 0 atom stereocenters. The van der Waals surface area contributed by atoms with E-state index in [1.807, 2.05) is 0 Å². The van der Waals surface area contributed by atoms with E-state index in [0.717, 1.165) is 26.1 Å². The lowest BCUT2D eigenvalue weighted by Gasteiger charge is -1.99. The second-order valence-corrected chi connectivity index (χ2v) is 7.42. The number of rotatable bonds is 4. The number of aromatic nitrogens is 1. The number of fused-ring (bicyclic) bond motifs is 1. The predicted molar refractivity (Wildman–Crippen MR) is 89.6 cm³/mol. The van der Waals surface area contributed by atoms with Crippen molar-refractivity contribution in [3.8, 4) is 0 Å². The van der Waals surface area contributed by atoms with Crippen LogP contribution < -0.4 is 0 Å². The van der Waals surface area contributed by atoms with Crippen LogP contribution in [0.5, 0.6) is 0 Å². The minimum absolute atomic E-state index is 0.0859. The fraction of sp³-hybridized carbons (Fsp3) is 0.333. The van der Waals surface area contributed by atoms with Gasteiger partial charge < -0.3 is 0 Å². The zero-order valence-electron chi connectivity index (χ0n) is 11.0. The Morgan fingerprint density at radius 3 is 2.70 bits per heavy atom. The van der Waals surface area contributed by atoms with Gasteiger partial charge in [0.05, 0.1) is 15.1 Å². The van der Waals surface area contributed by atoms with Crippen LogP contribution in [-0.4, -0.2) is 25.8 Å². The van der Waals surface area contributed by atoms with Gasteiger partial charge in [0.1, 0.15) is 4.38 Å². The molecule has 1 heterocycles. The first-order valence-corrected chi connectivity index (χ1v) is 8.82. The van der Waals surface area contributed by atoms with Gasteiger partial charge in [-0.1, -0.05) is 48.7 Å². The number of nitro groups is 1. The van der Waals surface area contributed by atoms with Crippen molar-refractivity contribution in [1.29, 1.82) is 0 Å². The van der Waals surface area contributed by atoms with Crippen LogP contribution >= 0.6 is 34.9 Å². The normalized spacial score (nSPS) is 10.7. The van der Waals surface area contributed by atoms with Gasteiger partial charge in [-0.15, -0.1) is 0 Å². The fourth-order valence-electron chi connectivity index (χ4n) is 1.49. The van der Waals surface area contributed by atoms with Crippen LogP contribution in [-0.2, 0) is 0 Å². The summed E-state index contributed by atoms with van der Waals surface area (Å²) in [6, 6.07) is 4.69. The van der Waals surface area contributed by atoms with Crippen molar-refractivity contribution >= 4 is 60.3 Å². The molecule has 5 nitrogen and oxygen atoms in total. The molecule has 2 rings (SSSR count). The molecule has 0 N–H and O–H groups in total. The third-order valence-corrected chi connectivity index (χ3v) is 5.17. The minimum atomic E-state index is -0.395. The Bertz CT molecular complexity index is 646. The monoisotopic (exact) mass is 327 g/mol. The average molecular weight is 327 g/mol. The third-order valence-electron chi connectivity index (χ3n) is 2.29. The molecule has 0 saturated heterocycles. The highest BCUT2D eigenvalue weighted by Gasteiger charge is 2.10. The van der Waals surface area contributed by atoms with Crippen molar-refractivity contribution in [3.63, 3.8) is 0 Å². The molecule has 1 aromatic heterocycles. The average Bonchev–Trinajstić information content (AvgIpc) is 2.80. The first kappa shape index (κ1) is 15.3. The van der Waals surface area contributed by atoms with Gasteiger partial charge in [0, 0.05) is 12.1 Å². The van der Waals surface area contributed by atoms with E-state index in [1.54, 1.807) is 35.7 Å².